The van der Waals surface area contributed by atoms with Crippen molar-refractivity contribution in [2.24, 2.45) is 0 Å². The fourth-order valence-corrected chi connectivity index (χ4v) is 3.05. The Morgan fingerprint density at radius 3 is 2.83 bits per heavy atom. The van der Waals surface area contributed by atoms with Gasteiger partial charge in [-0.3, -0.25) is 10.3 Å². The second kappa shape index (κ2) is 7.55. The van der Waals surface area contributed by atoms with Gasteiger partial charge in [-0.05, 0) is 31.2 Å². The van der Waals surface area contributed by atoms with Crippen molar-refractivity contribution < 1.29 is 9.18 Å². The number of aromatic nitrogens is 2. The van der Waals surface area contributed by atoms with Crippen molar-refractivity contribution >= 4 is 51.6 Å². The van der Waals surface area contributed by atoms with E-state index in [-0.39, 0.29) is 30.4 Å². The second-order valence-corrected chi connectivity index (χ2v) is 5.49. The number of nitrogens with one attached hydrogen (secondary N) is 2. The Bertz CT molecular complexity index is 825. The number of benzene rings is 1. The van der Waals surface area contributed by atoms with Gasteiger partial charge in [-0.1, -0.05) is 17.4 Å². The number of amides is 2. The summed E-state index contributed by atoms with van der Waals surface area (Å²) in [6.07, 6.45) is 1.68. The first kappa shape index (κ1) is 17.4. The standard InChI is InChI=1S/C15H13FN4OS.Li/c1-2-17-14(21)20-15-19-12-10(16)7-6-9(13(12)22-15)11-5-3-4-8-18-11;/h3-8H,2H2,1H3,(H2,17,19,20,21);. The molecule has 2 aromatic heterocycles. The molecular formula is C15H13FLiN4OS. The van der Waals surface area contributed by atoms with E-state index in [0.29, 0.717) is 16.4 Å². The van der Waals surface area contributed by atoms with E-state index in [4.69, 9.17) is 0 Å². The third kappa shape index (κ3) is 3.70. The summed E-state index contributed by atoms with van der Waals surface area (Å²) < 4.78 is 14.6. The van der Waals surface area contributed by atoms with Crippen LogP contribution in [0.25, 0.3) is 21.5 Å². The van der Waals surface area contributed by atoms with E-state index >= 15 is 0 Å². The van der Waals surface area contributed by atoms with Gasteiger partial charge < -0.3 is 5.32 Å². The number of anilines is 1. The normalized spacial score (nSPS) is 10.2. The fourth-order valence-electron chi connectivity index (χ4n) is 2.05. The zero-order valence-corrected chi connectivity index (χ0v) is 13.6. The molecule has 0 aliphatic carbocycles. The Kier molecular flexibility index (Phi) is 5.72. The summed E-state index contributed by atoms with van der Waals surface area (Å²) >= 11 is 1.22. The van der Waals surface area contributed by atoms with Crippen LogP contribution in [0.3, 0.4) is 0 Å². The molecule has 0 aliphatic heterocycles. The molecule has 0 unspecified atom stereocenters. The smallest absolute Gasteiger partial charge is 0.321 e. The molecule has 2 N–H and O–H groups in total. The summed E-state index contributed by atoms with van der Waals surface area (Å²) in [6.45, 7) is 2.32. The predicted octanol–water partition coefficient (Wildman–Crippen LogP) is 3.26. The Balaban J connectivity index is 0.00000192. The number of rotatable bonds is 3. The van der Waals surface area contributed by atoms with E-state index in [1.54, 1.807) is 12.3 Å². The van der Waals surface area contributed by atoms with E-state index in [0.717, 1.165) is 11.3 Å². The monoisotopic (exact) mass is 323 g/mol. The van der Waals surface area contributed by atoms with Crippen LogP contribution in [0, 0.1) is 5.82 Å². The molecule has 0 spiro atoms. The first-order valence-electron chi connectivity index (χ1n) is 6.74. The fraction of sp³-hybridized carbons (Fsp3) is 0.133. The molecule has 23 heavy (non-hydrogen) atoms. The topological polar surface area (TPSA) is 66.9 Å². The molecule has 0 bridgehead atoms. The Hall–Kier alpha value is -1.94. The molecule has 1 radical (unpaired) electrons. The second-order valence-electron chi connectivity index (χ2n) is 4.49. The number of pyridine rings is 1. The summed E-state index contributed by atoms with van der Waals surface area (Å²) in [6, 6.07) is 8.21. The van der Waals surface area contributed by atoms with Crippen LogP contribution >= 0.6 is 11.3 Å². The van der Waals surface area contributed by atoms with Crippen LogP contribution in [-0.4, -0.2) is 41.4 Å². The summed E-state index contributed by atoms with van der Waals surface area (Å²) in [5.41, 5.74) is 1.76. The molecule has 113 valence electrons. The minimum Gasteiger partial charge on any atom is -0.338 e. The van der Waals surface area contributed by atoms with E-state index in [9.17, 15) is 9.18 Å². The van der Waals surface area contributed by atoms with Crippen LogP contribution < -0.4 is 10.6 Å². The quantitative estimate of drug-likeness (QED) is 0.727. The van der Waals surface area contributed by atoms with Crippen molar-refractivity contribution in [2.45, 2.75) is 6.92 Å². The van der Waals surface area contributed by atoms with E-state index < -0.39 is 5.82 Å². The van der Waals surface area contributed by atoms with Crippen molar-refractivity contribution in [3.63, 3.8) is 0 Å². The molecule has 0 atom stereocenters. The molecule has 0 saturated carbocycles. The van der Waals surface area contributed by atoms with Crippen LogP contribution in [0.2, 0.25) is 0 Å². The first-order valence-corrected chi connectivity index (χ1v) is 7.56. The average Bonchev–Trinajstić information content (AvgIpc) is 2.93. The number of carbonyl (C=O) groups excluding carboxylic acids is 1. The number of fused-ring (bicyclic) bond motifs is 1. The SMILES string of the molecule is CCNC(=O)Nc1nc2c(F)ccc(-c3ccccn3)c2s1.[Li]. The summed E-state index contributed by atoms with van der Waals surface area (Å²) in [5.74, 6) is -0.421. The van der Waals surface area contributed by atoms with Gasteiger partial charge >= 0.3 is 6.03 Å². The molecule has 5 nitrogen and oxygen atoms in total. The molecule has 0 aliphatic rings. The average molecular weight is 323 g/mol. The van der Waals surface area contributed by atoms with Gasteiger partial charge in [0.05, 0.1) is 10.4 Å². The van der Waals surface area contributed by atoms with Crippen molar-refractivity contribution in [3.05, 3.63) is 42.3 Å². The summed E-state index contributed by atoms with van der Waals surface area (Å²) in [7, 11) is 0. The van der Waals surface area contributed by atoms with Crippen LogP contribution in [0.1, 0.15) is 6.92 Å². The number of urea groups is 1. The minimum atomic E-state index is -0.421. The Morgan fingerprint density at radius 2 is 2.13 bits per heavy atom. The van der Waals surface area contributed by atoms with Gasteiger partial charge in [0.2, 0.25) is 0 Å². The van der Waals surface area contributed by atoms with Crippen LogP contribution in [0.5, 0.6) is 0 Å². The number of thiazole rings is 1. The molecule has 0 saturated heterocycles. The number of nitrogens with zero attached hydrogens (tertiary/aromatic N) is 2. The molecule has 8 heteroatoms. The van der Waals surface area contributed by atoms with Crippen LogP contribution in [-0.2, 0) is 0 Å². The third-order valence-electron chi connectivity index (χ3n) is 2.99. The number of hydrogen-bond acceptors (Lipinski definition) is 4. The maximum Gasteiger partial charge on any atom is 0.321 e. The van der Waals surface area contributed by atoms with Gasteiger partial charge in [-0.15, -0.1) is 0 Å². The van der Waals surface area contributed by atoms with Crippen molar-refractivity contribution in [2.75, 3.05) is 11.9 Å². The Morgan fingerprint density at radius 1 is 1.30 bits per heavy atom. The van der Waals surface area contributed by atoms with Crippen LogP contribution in [0.4, 0.5) is 14.3 Å². The van der Waals surface area contributed by atoms with E-state index in [1.165, 1.54) is 17.4 Å². The van der Waals surface area contributed by atoms with Crippen molar-refractivity contribution in [1.82, 2.24) is 15.3 Å². The number of hydrogen-bond donors (Lipinski definition) is 2. The largest absolute Gasteiger partial charge is 0.338 e. The number of halogens is 1. The molecule has 2 heterocycles. The zero-order chi connectivity index (χ0) is 15.5. The van der Waals surface area contributed by atoms with E-state index in [1.807, 2.05) is 25.1 Å². The molecule has 3 rings (SSSR count). The van der Waals surface area contributed by atoms with Gasteiger partial charge in [-0.25, -0.2) is 14.2 Å². The number of carbonyl (C=O) groups is 1. The maximum absolute atomic E-state index is 14.0. The minimum absolute atomic E-state index is 0. The van der Waals surface area contributed by atoms with Gasteiger partial charge in [0.25, 0.3) is 0 Å². The van der Waals surface area contributed by atoms with Crippen molar-refractivity contribution in [1.29, 1.82) is 0 Å². The molecule has 0 fully saturated rings. The predicted molar refractivity (Wildman–Crippen MR) is 91.3 cm³/mol. The van der Waals surface area contributed by atoms with Crippen molar-refractivity contribution in [3.8, 4) is 11.3 Å². The summed E-state index contributed by atoms with van der Waals surface area (Å²) in [4.78, 5) is 20.0. The zero-order valence-electron chi connectivity index (χ0n) is 12.8. The van der Waals surface area contributed by atoms with Gasteiger partial charge in [0.15, 0.2) is 5.13 Å². The summed E-state index contributed by atoms with van der Waals surface area (Å²) in [5, 5.41) is 5.57. The molecule has 3 aromatic rings. The molecule has 2 amide bonds. The van der Waals surface area contributed by atoms with Gasteiger partial charge in [-0.2, -0.15) is 0 Å². The first-order chi connectivity index (χ1) is 10.7. The Labute approximate surface area is 148 Å². The molecule has 1 aromatic carbocycles. The van der Waals surface area contributed by atoms with Gasteiger partial charge in [0.1, 0.15) is 11.3 Å². The molecular weight excluding hydrogens is 310 g/mol. The van der Waals surface area contributed by atoms with Gasteiger partial charge in [0, 0.05) is 37.2 Å². The third-order valence-corrected chi connectivity index (χ3v) is 4.00. The van der Waals surface area contributed by atoms with Crippen LogP contribution in [0.15, 0.2) is 36.5 Å². The van der Waals surface area contributed by atoms with E-state index in [2.05, 4.69) is 20.6 Å². The maximum atomic E-state index is 14.0.